The predicted octanol–water partition coefficient (Wildman–Crippen LogP) is 2.96. The van der Waals surface area contributed by atoms with Gasteiger partial charge in [0.05, 0.1) is 4.92 Å². The highest BCUT2D eigenvalue weighted by Gasteiger charge is 2.14. The number of aromatic carboxylic acids is 1. The fraction of sp³-hybridized carbons (Fsp3) is 0.0588. The van der Waals surface area contributed by atoms with Crippen LogP contribution in [0.3, 0.4) is 0 Å². The number of benzene rings is 2. The van der Waals surface area contributed by atoms with Crippen molar-refractivity contribution in [1.29, 1.82) is 0 Å². The van der Waals surface area contributed by atoms with Gasteiger partial charge in [0.25, 0.3) is 5.69 Å². The molecule has 0 saturated carbocycles. The van der Waals surface area contributed by atoms with Gasteiger partial charge in [-0.15, -0.1) is 0 Å². The summed E-state index contributed by atoms with van der Waals surface area (Å²) in [6.45, 7) is 1.51. The Kier molecular flexibility index (Phi) is 5.13. The zero-order chi connectivity index (χ0) is 18.6. The number of carbonyl (C=O) groups is 2. The van der Waals surface area contributed by atoms with Crippen molar-refractivity contribution >= 4 is 29.3 Å². The first kappa shape index (κ1) is 17.7. The van der Waals surface area contributed by atoms with Gasteiger partial charge in [-0.25, -0.2) is 4.79 Å². The number of carboxylic acid groups (broad SMARTS) is 1. The summed E-state index contributed by atoms with van der Waals surface area (Å²) >= 11 is 0. The van der Waals surface area contributed by atoms with E-state index >= 15 is 0 Å². The Balaban J connectivity index is 2.16. The number of aryl methyl sites for hydroxylation is 1. The maximum absolute atomic E-state index is 11.9. The molecule has 8 nitrogen and oxygen atoms in total. The lowest BCUT2D eigenvalue weighted by Crippen LogP contribution is -2.09. The van der Waals surface area contributed by atoms with Crippen LogP contribution < -0.4 is 5.32 Å². The number of anilines is 1. The van der Waals surface area contributed by atoms with Crippen molar-refractivity contribution in [3.8, 4) is 5.75 Å². The van der Waals surface area contributed by atoms with E-state index in [0.717, 1.165) is 6.07 Å². The summed E-state index contributed by atoms with van der Waals surface area (Å²) in [4.78, 5) is 33.2. The average molecular weight is 342 g/mol. The highest BCUT2D eigenvalue weighted by atomic mass is 16.6. The van der Waals surface area contributed by atoms with E-state index in [1.807, 2.05) is 0 Å². The molecule has 0 aromatic heterocycles. The van der Waals surface area contributed by atoms with E-state index in [0.29, 0.717) is 11.1 Å². The third kappa shape index (κ3) is 4.41. The van der Waals surface area contributed by atoms with Crippen LogP contribution >= 0.6 is 0 Å². The van der Waals surface area contributed by atoms with E-state index < -0.39 is 16.8 Å². The Morgan fingerprint density at radius 3 is 2.60 bits per heavy atom. The van der Waals surface area contributed by atoms with E-state index in [1.54, 1.807) is 6.07 Å². The van der Waals surface area contributed by atoms with Crippen molar-refractivity contribution in [3.05, 3.63) is 69.3 Å². The number of hydrogen-bond donors (Lipinski definition) is 3. The Hall–Kier alpha value is -3.68. The van der Waals surface area contributed by atoms with E-state index in [1.165, 1.54) is 43.3 Å². The number of phenols is 1. The number of aromatic hydroxyl groups is 1. The fourth-order valence-electron chi connectivity index (χ4n) is 2.11. The fourth-order valence-corrected chi connectivity index (χ4v) is 2.11. The molecule has 0 bridgehead atoms. The lowest BCUT2D eigenvalue weighted by Gasteiger charge is -2.08. The second-order valence-corrected chi connectivity index (χ2v) is 5.17. The highest BCUT2D eigenvalue weighted by molar-refractivity contribution is 6.03. The van der Waals surface area contributed by atoms with E-state index in [2.05, 4.69) is 5.32 Å². The second-order valence-electron chi connectivity index (χ2n) is 5.17. The van der Waals surface area contributed by atoms with Gasteiger partial charge >= 0.3 is 5.97 Å². The van der Waals surface area contributed by atoms with Gasteiger partial charge in [-0.3, -0.25) is 14.9 Å². The molecule has 0 saturated heterocycles. The molecule has 0 aliphatic carbocycles. The average Bonchev–Trinajstić information content (AvgIpc) is 2.56. The molecule has 0 aliphatic rings. The van der Waals surface area contributed by atoms with Crippen LogP contribution in [-0.2, 0) is 4.79 Å². The van der Waals surface area contributed by atoms with E-state index in [-0.39, 0.29) is 22.7 Å². The summed E-state index contributed by atoms with van der Waals surface area (Å²) in [5.74, 6) is -2.23. The number of nitrogens with zero attached hydrogens (tertiary/aromatic N) is 1. The summed E-state index contributed by atoms with van der Waals surface area (Å²) in [5.41, 5.74) is 0.567. The van der Waals surface area contributed by atoms with Gasteiger partial charge in [0.1, 0.15) is 11.3 Å². The molecule has 1 amide bonds. The molecule has 0 fully saturated rings. The molecule has 0 spiro atoms. The van der Waals surface area contributed by atoms with Gasteiger partial charge < -0.3 is 15.5 Å². The predicted molar refractivity (Wildman–Crippen MR) is 90.6 cm³/mol. The molecule has 0 atom stereocenters. The van der Waals surface area contributed by atoms with Crippen LogP contribution in [0.15, 0.2) is 42.5 Å². The number of amides is 1. The number of carboxylic acids is 1. The molecule has 2 aromatic carbocycles. The third-order valence-electron chi connectivity index (χ3n) is 3.31. The van der Waals surface area contributed by atoms with Crippen LogP contribution in [0.4, 0.5) is 11.4 Å². The first-order chi connectivity index (χ1) is 11.8. The summed E-state index contributed by atoms with van der Waals surface area (Å²) in [6, 6.07) is 8.33. The molecule has 0 radical (unpaired) electrons. The molecular weight excluding hydrogens is 328 g/mol. The number of hydrogen-bond acceptors (Lipinski definition) is 5. The van der Waals surface area contributed by atoms with E-state index in [4.69, 9.17) is 5.11 Å². The maximum atomic E-state index is 11.9. The number of nitro groups is 1. The Labute approximate surface area is 142 Å². The topological polar surface area (TPSA) is 130 Å². The van der Waals surface area contributed by atoms with Crippen molar-refractivity contribution in [1.82, 2.24) is 0 Å². The van der Waals surface area contributed by atoms with Crippen LogP contribution in [0.1, 0.15) is 21.5 Å². The number of non-ortho nitro benzene ring substituents is 1. The minimum atomic E-state index is -1.32. The van der Waals surface area contributed by atoms with Crippen molar-refractivity contribution in [2.24, 2.45) is 0 Å². The molecule has 8 heteroatoms. The van der Waals surface area contributed by atoms with Gasteiger partial charge in [0, 0.05) is 23.9 Å². The standard InChI is InChI=1S/C17H14N2O6/c1-10-7-12(9-14(16(10)21)17(22)23)18-15(20)6-5-11-3-2-4-13(8-11)19(24)25/h2-9,21H,1H3,(H,18,20)(H,22,23)/b6-5+. The molecule has 0 unspecified atom stereocenters. The molecule has 3 N–H and O–H groups in total. The van der Waals surface area contributed by atoms with Crippen molar-refractivity contribution < 1.29 is 24.7 Å². The number of nitro benzene ring substituents is 1. The SMILES string of the molecule is Cc1cc(NC(=O)/C=C/c2cccc([N+](=O)[O-])c2)cc(C(=O)O)c1O. The Morgan fingerprint density at radius 1 is 1.24 bits per heavy atom. The highest BCUT2D eigenvalue weighted by Crippen LogP contribution is 2.26. The first-order valence-corrected chi connectivity index (χ1v) is 7.08. The van der Waals surface area contributed by atoms with Crippen LogP contribution in [0, 0.1) is 17.0 Å². The van der Waals surface area contributed by atoms with Crippen LogP contribution in [0.2, 0.25) is 0 Å². The first-order valence-electron chi connectivity index (χ1n) is 7.08. The van der Waals surface area contributed by atoms with Gasteiger partial charge in [-0.05, 0) is 36.3 Å². The number of nitrogens with one attached hydrogen (secondary N) is 1. The van der Waals surface area contributed by atoms with Crippen molar-refractivity contribution in [2.45, 2.75) is 6.92 Å². The molecule has 128 valence electrons. The van der Waals surface area contributed by atoms with Gasteiger partial charge in [0.2, 0.25) is 5.91 Å². The van der Waals surface area contributed by atoms with E-state index in [9.17, 15) is 24.8 Å². The lowest BCUT2D eigenvalue weighted by molar-refractivity contribution is -0.384. The molecule has 2 aromatic rings. The molecule has 25 heavy (non-hydrogen) atoms. The normalized spacial score (nSPS) is 10.6. The largest absolute Gasteiger partial charge is 0.507 e. The van der Waals surface area contributed by atoms with Gasteiger partial charge in [-0.2, -0.15) is 0 Å². The molecule has 0 aliphatic heterocycles. The lowest BCUT2D eigenvalue weighted by atomic mass is 10.1. The van der Waals surface area contributed by atoms with Crippen LogP contribution in [-0.4, -0.2) is 27.0 Å². The summed E-state index contributed by atoms with van der Waals surface area (Å²) < 4.78 is 0. The second kappa shape index (κ2) is 7.26. The molecule has 2 rings (SSSR count). The van der Waals surface area contributed by atoms with Crippen molar-refractivity contribution in [2.75, 3.05) is 5.32 Å². The van der Waals surface area contributed by atoms with Crippen molar-refractivity contribution in [3.63, 3.8) is 0 Å². The van der Waals surface area contributed by atoms with Gasteiger partial charge in [-0.1, -0.05) is 12.1 Å². The molecule has 0 heterocycles. The Morgan fingerprint density at radius 2 is 1.96 bits per heavy atom. The maximum Gasteiger partial charge on any atom is 0.339 e. The monoisotopic (exact) mass is 342 g/mol. The molecular formula is C17H14N2O6. The number of rotatable bonds is 5. The van der Waals surface area contributed by atoms with Crippen LogP contribution in [0.25, 0.3) is 6.08 Å². The zero-order valence-electron chi connectivity index (χ0n) is 13.1. The van der Waals surface area contributed by atoms with Crippen LogP contribution in [0.5, 0.6) is 5.75 Å². The summed E-state index contributed by atoms with van der Waals surface area (Å²) in [5, 5.41) is 31.9. The third-order valence-corrected chi connectivity index (χ3v) is 3.31. The summed E-state index contributed by atoms with van der Waals surface area (Å²) in [7, 11) is 0. The van der Waals surface area contributed by atoms with Gasteiger partial charge in [0.15, 0.2) is 0 Å². The minimum Gasteiger partial charge on any atom is -0.507 e. The summed E-state index contributed by atoms with van der Waals surface area (Å²) in [6.07, 6.45) is 2.56. The zero-order valence-corrected chi connectivity index (χ0v) is 13.1. The smallest absolute Gasteiger partial charge is 0.339 e. The minimum absolute atomic E-state index is 0.0946. The number of carbonyl (C=O) groups excluding carboxylic acids is 1. The Bertz CT molecular complexity index is 889. The quantitative estimate of drug-likeness (QED) is 0.331.